The van der Waals surface area contributed by atoms with Gasteiger partial charge in [-0.05, 0) is 134 Å². The fourth-order valence-electron chi connectivity index (χ4n) is 5.24. The van der Waals surface area contributed by atoms with E-state index in [1.165, 1.54) is 0 Å². The van der Waals surface area contributed by atoms with Crippen LogP contribution in [0.1, 0.15) is 69.0 Å². The van der Waals surface area contributed by atoms with Crippen LogP contribution in [0.15, 0.2) is 12.1 Å². The predicted octanol–water partition coefficient (Wildman–Crippen LogP) is 3.26. The highest BCUT2D eigenvalue weighted by Crippen LogP contribution is 2.22. The Morgan fingerprint density at radius 2 is 1.32 bits per heavy atom. The maximum atomic E-state index is 11.7. The molecule has 0 aliphatic carbocycles. The van der Waals surface area contributed by atoms with Crippen molar-refractivity contribution in [3.05, 3.63) is 89.7 Å². The van der Waals surface area contributed by atoms with E-state index in [-0.39, 0.29) is 23.3 Å². The summed E-state index contributed by atoms with van der Waals surface area (Å²) >= 11 is 11.4. The fraction of sp³-hybridized carbons (Fsp3) is 0.267. The molecule has 0 atom stereocenters. The first kappa shape index (κ1) is 26.1. The van der Waals surface area contributed by atoms with Crippen molar-refractivity contribution >= 4 is 58.0 Å². The number of hydrogen-bond donors (Lipinski definition) is 4. The van der Waals surface area contributed by atoms with E-state index in [1.54, 1.807) is 0 Å². The van der Waals surface area contributed by atoms with Gasteiger partial charge in [0.15, 0.2) is 0 Å². The van der Waals surface area contributed by atoms with Crippen molar-refractivity contribution in [2.75, 3.05) is 0 Å². The summed E-state index contributed by atoms with van der Waals surface area (Å²) in [5.41, 5.74) is 10.3. The first-order valence-corrected chi connectivity index (χ1v) is 13.4. The molecular weight excluding hydrogens is 519 g/mol. The summed E-state index contributed by atoms with van der Waals surface area (Å²) in [6.45, 7) is 8.29. The molecule has 1 aliphatic rings. The molecule has 8 heteroatoms. The number of carbonyl (C=O) groups excluding carboxylic acids is 2. The topological polar surface area (TPSA) is 97.3 Å². The van der Waals surface area contributed by atoms with Crippen LogP contribution in [-0.4, -0.2) is 30.4 Å². The minimum atomic E-state index is -0.366. The second-order valence-electron chi connectivity index (χ2n) is 10.0. The Balaban J connectivity index is 1.84. The third-order valence-corrected chi connectivity index (χ3v) is 7.75. The van der Waals surface area contributed by atoms with Gasteiger partial charge in [0.1, 0.15) is 0 Å². The normalized spacial score (nSPS) is 15.9. The first-order valence-electron chi connectivity index (χ1n) is 12.7. The Morgan fingerprint density at radius 1 is 0.632 bits per heavy atom. The third kappa shape index (κ3) is 5.24. The smallest absolute Gasteiger partial charge is 0.221 e. The van der Waals surface area contributed by atoms with Crippen molar-refractivity contribution in [1.29, 1.82) is 0 Å². The summed E-state index contributed by atoms with van der Waals surface area (Å²) in [6, 6.07) is 4.26. The van der Waals surface area contributed by atoms with Crippen molar-refractivity contribution in [2.24, 2.45) is 0 Å². The lowest BCUT2D eigenvalue weighted by atomic mass is 10.0. The Morgan fingerprint density at radius 3 is 2.03 bits per heavy atom. The van der Waals surface area contributed by atoms with E-state index in [0.29, 0.717) is 12.8 Å². The van der Waals surface area contributed by atoms with Crippen molar-refractivity contribution in [2.45, 2.75) is 53.4 Å². The minimum absolute atomic E-state index is 0.242. The van der Waals surface area contributed by atoms with Crippen molar-refractivity contribution in [1.82, 2.24) is 19.9 Å². The van der Waals surface area contributed by atoms with Gasteiger partial charge in [0.2, 0.25) is 10.5 Å². The van der Waals surface area contributed by atoms with Gasteiger partial charge >= 0.3 is 0 Å². The molecule has 38 heavy (non-hydrogen) atoms. The molecule has 0 fully saturated rings. The summed E-state index contributed by atoms with van der Waals surface area (Å²) in [7, 11) is 0. The van der Waals surface area contributed by atoms with Crippen LogP contribution >= 0.6 is 23.2 Å². The highest BCUT2D eigenvalue weighted by Gasteiger charge is 2.15. The van der Waals surface area contributed by atoms with Gasteiger partial charge in [0, 0.05) is 57.0 Å². The maximum Gasteiger partial charge on any atom is 0.221 e. The molecule has 4 aromatic heterocycles. The average molecular weight is 550 g/mol. The number of rotatable bonds is 6. The van der Waals surface area contributed by atoms with Gasteiger partial charge in [0.25, 0.3) is 0 Å². The Kier molecular flexibility index (Phi) is 7.12. The Hall–Kier alpha value is -3.48. The molecule has 5 rings (SSSR count). The zero-order valence-electron chi connectivity index (χ0n) is 21.9. The Labute approximate surface area is 230 Å². The lowest BCUT2D eigenvalue weighted by molar-refractivity contribution is -0.112. The van der Waals surface area contributed by atoms with Crippen molar-refractivity contribution in [3.63, 3.8) is 0 Å². The van der Waals surface area contributed by atoms with Crippen LogP contribution in [0.2, 0.25) is 0 Å². The highest BCUT2D eigenvalue weighted by atomic mass is 35.5. The number of aromatic nitrogens is 4. The van der Waals surface area contributed by atoms with E-state index in [4.69, 9.17) is 23.2 Å². The van der Waals surface area contributed by atoms with Crippen LogP contribution in [0.4, 0.5) is 0 Å². The molecule has 4 aromatic rings. The van der Waals surface area contributed by atoms with Crippen LogP contribution in [-0.2, 0) is 22.4 Å². The molecule has 0 aromatic carbocycles. The van der Waals surface area contributed by atoms with E-state index in [9.17, 15) is 9.59 Å². The van der Waals surface area contributed by atoms with E-state index < -0.39 is 0 Å². The molecule has 5 heterocycles. The standard InChI is InChI=1S/C30H30Cl2N4O2/c1-15-9-20-12-25-17(3)21(5-7-29(31)37)27(35-25)14-28-22(6-8-30(32)38)18(4)26(36-28)13-24-16(2)10-19(34-24)11-23(15)33-20/h9-14,33-36H,5-8H2,1-4H3/b19-11?,20-12-,23-11-,24-13?,25-12?,26-13-,27-14?,28-14-. The molecule has 8 bridgehead atoms. The van der Waals surface area contributed by atoms with Gasteiger partial charge < -0.3 is 19.9 Å². The summed E-state index contributed by atoms with van der Waals surface area (Å²) in [4.78, 5) is 37.5. The number of aromatic amines is 4. The van der Waals surface area contributed by atoms with Crippen LogP contribution < -0.4 is 21.4 Å². The predicted molar refractivity (Wildman–Crippen MR) is 153 cm³/mol. The lowest BCUT2D eigenvalue weighted by Crippen LogP contribution is -2.13. The van der Waals surface area contributed by atoms with E-state index in [0.717, 1.165) is 77.6 Å². The van der Waals surface area contributed by atoms with Gasteiger partial charge in [-0.1, -0.05) is 0 Å². The second kappa shape index (κ2) is 10.4. The molecular formula is C30H30Cl2N4O2. The minimum Gasteiger partial charge on any atom is -0.355 e. The van der Waals surface area contributed by atoms with Gasteiger partial charge in [-0.25, -0.2) is 0 Å². The fourth-order valence-corrected chi connectivity index (χ4v) is 5.43. The van der Waals surface area contributed by atoms with Crippen molar-refractivity contribution in [3.8, 4) is 0 Å². The summed E-state index contributed by atoms with van der Waals surface area (Å²) in [5, 5.41) is 3.14. The molecule has 196 valence electrons. The van der Waals surface area contributed by atoms with Gasteiger partial charge in [-0.2, -0.15) is 0 Å². The second-order valence-corrected chi connectivity index (χ2v) is 10.9. The number of hydrogen-bond acceptors (Lipinski definition) is 2. The zero-order chi connectivity index (χ0) is 27.1. The van der Waals surface area contributed by atoms with Crippen LogP contribution in [0.5, 0.6) is 0 Å². The SMILES string of the molecule is Cc1cc2[nH]c1/C=c1\[nH]/c(c(CCC(=O)Cl)c1C)=C\c1[nH]c(c(C)c1CCC(=O)Cl)/C=c1/cc(C)/c([nH]1)=C/2. The van der Waals surface area contributed by atoms with E-state index in [1.807, 2.05) is 0 Å². The van der Waals surface area contributed by atoms with Crippen LogP contribution in [0.25, 0.3) is 24.3 Å². The van der Waals surface area contributed by atoms with E-state index >= 15 is 0 Å². The molecule has 0 radical (unpaired) electrons. The molecule has 0 saturated heterocycles. The molecule has 0 spiro atoms. The summed E-state index contributed by atoms with van der Waals surface area (Å²) in [6.07, 6.45) is 9.90. The Bertz CT molecular complexity index is 1830. The van der Waals surface area contributed by atoms with E-state index in [2.05, 4.69) is 84.1 Å². The first-order chi connectivity index (χ1) is 18.1. The maximum absolute atomic E-state index is 11.7. The molecule has 0 unspecified atom stereocenters. The number of aryl methyl sites for hydroxylation is 2. The average Bonchev–Trinajstić information content (AvgIpc) is 3.53. The molecule has 6 nitrogen and oxygen atoms in total. The summed E-state index contributed by atoms with van der Waals surface area (Å²) in [5.74, 6) is 0. The zero-order valence-corrected chi connectivity index (χ0v) is 23.4. The van der Waals surface area contributed by atoms with Gasteiger partial charge in [-0.3, -0.25) is 9.59 Å². The molecule has 0 saturated carbocycles. The molecule has 1 aliphatic heterocycles. The van der Waals surface area contributed by atoms with Crippen LogP contribution in [0, 0.1) is 27.7 Å². The van der Waals surface area contributed by atoms with Gasteiger partial charge in [-0.15, -0.1) is 0 Å². The largest absolute Gasteiger partial charge is 0.355 e. The van der Waals surface area contributed by atoms with Crippen molar-refractivity contribution < 1.29 is 9.59 Å². The lowest BCUT2D eigenvalue weighted by Gasteiger charge is -2.01. The number of H-pyrrole nitrogens is 4. The molecule has 0 amide bonds. The quantitative estimate of drug-likeness (QED) is 0.245. The molecule has 4 N–H and O–H groups in total. The number of carbonyl (C=O) groups is 2. The highest BCUT2D eigenvalue weighted by molar-refractivity contribution is 6.63. The monoisotopic (exact) mass is 548 g/mol. The summed E-state index contributed by atoms with van der Waals surface area (Å²) < 4.78 is 0. The number of fused-ring (bicyclic) bond motifs is 8. The number of halogens is 2. The third-order valence-electron chi connectivity index (χ3n) is 7.37. The van der Waals surface area contributed by atoms with Crippen LogP contribution in [0.3, 0.4) is 0 Å². The number of nitrogens with one attached hydrogen (secondary N) is 4. The van der Waals surface area contributed by atoms with Gasteiger partial charge in [0.05, 0.1) is 0 Å².